The minimum atomic E-state index is 0.300. The molecule has 94 valence electrons. The molecule has 0 radical (unpaired) electrons. The van der Waals surface area contributed by atoms with E-state index in [1.807, 2.05) is 54.6 Å². The molecule has 3 rings (SSSR count). The molecule has 0 aliphatic rings. The van der Waals surface area contributed by atoms with Gasteiger partial charge in [0.1, 0.15) is 11.3 Å². The van der Waals surface area contributed by atoms with Crippen molar-refractivity contribution in [1.29, 1.82) is 0 Å². The average molecular weight is 251 g/mol. The number of ether oxygens (including phenoxy) is 1. The Morgan fingerprint density at radius 3 is 2.63 bits per heavy atom. The van der Waals surface area contributed by atoms with Crippen LogP contribution in [-0.4, -0.2) is 15.0 Å². The molecule has 0 unspecified atom stereocenters. The van der Waals surface area contributed by atoms with E-state index in [1.165, 1.54) is 0 Å². The van der Waals surface area contributed by atoms with Crippen LogP contribution >= 0.6 is 0 Å². The Balaban J connectivity index is 1.75. The number of fused-ring (bicyclic) bond motifs is 1. The number of nitrogens with zero attached hydrogens (tertiary/aromatic N) is 3. The zero-order chi connectivity index (χ0) is 13.1. The fourth-order valence-electron chi connectivity index (χ4n) is 1.86. The van der Waals surface area contributed by atoms with Crippen molar-refractivity contribution in [3.63, 3.8) is 0 Å². The highest BCUT2D eigenvalue weighted by atomic mass is 16.5. The van der Waals surface area contributed by atoms with Gasteiger partial charge >= 0.3 is 0 Å². The van der Waals surface area contributed by atoms with Gasteiger partial charge in [-0.3, -0.25) is 0 Å². The second-order valence-electron chi connectivity index (χ2n) is 4.14. The Morgan fingerprint density at radius 1 is 1.05 bits per heavy atom. The van der Waals surface area contributed by atoms with Gasteiger partial charge in [0.2, 0.25) is 0 Å². The van der Waals surface area contributed by atoms with Crippen LogP contribution in [0.5, 0.6) is 0 Å². The monoisotopic (exact) mass is 251 g/mol. The predicted octanol–water partition coefficient (Wildman–Crippen LogP) is 3.08. The first kappa shape index (κ1) is 11.5. The van der Waals surface area contributed by atoms with Crippen molar-refractivity contribution in [3.8, 4) is 0 Å². The summed E-state index contributed by atoms with van der Waals surface area (Å²) in [5.74, 6) is 0.625. The Bertz CT molecular complexity index is 703. The van der Waals surface area contributed by atoms with E-state index in [4.69, 9.17) is 4.74 Å². The Kier molecular flexibility index (Phi) is 2.98. The zero-order valence-electron chi connectivity index (χ0n) is 10.4. The zero-order valence-corrected chi connectivity index (χ0v) is 10.4. The number of para-hydroxylation sites is 1. The smallest absolute Gasteiger partial charge is 0.183 e. The second-order valence-corrected chi connectivity index (χ2v) is 4.14. The van der Waals surface area contributed by atoms with Crippen LogP contribution in [0.25, 0.3) is 16.8 Å². The fraction of sp³-hybridized carbons (Fsp3) is 0.0667. The van der Waals surface area contributed by atoms with E-state index in [2.05, 4.69) is 16.9 Å². The number of aromatic nitrogens is 3. The van der Waals surface area contributed by atoms with Crippen molar-refractivity contribution in [1.82, 2.24) is 15.0 Å². The number of benzene rings is 2. The molecule has 0 atom stereocenters. The van der Waals surface area contributed by atoms with Gasteiger partial charge in [0.15, 0.2) is 6.73 Å². The van der Waals surface area contributed by atoms with Crippen LogP contribution in [0.2, 0.25) is 0 Å². The Labute approximate surface area is 110 Å². The molecule has 4 heteroatoms. The number of hydrogen-bond acceptors (Lipinski definition) is 3. The van der Waals surface area contributed by atoms with Crippen molar-refractivity contribution >= 4 is 16.8 Å². The summed E-state index contributed by atoms with van der Waals surface area (Å²) in [7, 11) is 0. The summed E-state index contributed by atoms with van der Waals surface area (Å²) in [6, 6.07) is 17.6. The van der Waals surface area contributed by atoms with E-state index in [0.717, 1.165) is 16.6 Å². The van der Waals surface area contributed by atoms with Crippen LogP contribution in [0.4, 0.5) is 0 Å². The number of hydrogen-bond donors (Lipinski definition) is 0. The third-order valence-electron chi connectivity index (χ3n) is 2.88. The Hall–Kier alpha value is -2.62. The first-order valence-electron chi connectivity index (χ1n) is 6.00. The molecule has 0 spiro atoms. The summed E-state index contributed by atoms with van der Waals surface area (Å²) < 4.78 is 7.36. The van der Waals surface area contributed by atoms with Gasteiger partial charge in [0, 0.05) is 5.56 Å². The molecule has 1 aromatic heterocycles. The first-order valence-corrected chi connectivity index (χ1v) is 6.00. The van der Waals surface area contributed by atoms with E-state index in [1.54, 1.807) is 4.68 Å². The molecule has 0 N–H and O–H groups in total. The lowest BCUT2D eigenvalue weighted by atomic mass is 10.2. The maximum atomic E-state index is 5.65. The summed E-state index contributed by atoms with van der Waals surface area (Å²) in [6.45, 7) is 4.22. The van der Waals surface area contributed by atoms with Crippen molar-refractivity contribution in [2.45, 2.75) is 6.73 Å². The standard InChI is InChI=1S/C15H13N3O/c1-12(13-7-3-2-4-8-13)19-11-18-15-10-6-5-9-14(15)16-17-18/h2-10H,1,11H2. The molecule has 0 amide bonds. The second kappa shape index (κ2) is 4.94. The molecule has 0 saturated carbocycles. The largest absolute Gasteiger partial charge is 0.471 e. The van der Waals surface area contributed by atoms with E-state index in [-0.39, 0.29) is 0 Å². The van der Waals surface area contributed by atoms with E-state index >= 15 is 0 Å². The van der Waals surface area contributed by atoms with Crippen LogP contribution in [-0.2, 0) is 11.5 Å². The summed E-state index contributed by atoms with van der Waals surface area (Å²) in [6.07, 6.45) is 0. The molecule has 0 saturated heterocycles. The van der Waals surface area contributed by atoms with Gasteiger partial charge in [-0.05, 0) is 12.1 Å². The topological polar surface area (TPSA) is 39.9 Å². The van der Waals surface area contributed by atoms with Crippen LogP contribution in [0.15, 0.2) is 61.2 Å². The van der Waals surface area contributed by atoms with Gasteiger partial charge in [-0.15, -0.1) is 5.10 Å². The van der Waals surface area contributed by atoms with Crippen molar-refractivity contribution in [2.75, 3.05) is 0 Å². The molecule has 0 aliphatic heterocycles. The highest BCUT2D eigenvalue weighted by molar-refractivity contribution is 5.73. The highest BCUT2D eigenvalue weighted by Crippen LogP contribution is 2.15. The highest BCUT2D eigenvalue weighted by Gasteiger charge is 2.04. The summed E-state index contributed by atoms with van der Waals surface area (Å²) in [5.41, 5.74) is 2.77. The minimum absolute atomic E-state index is 0.300. The lowest BCUT2D eigenvalue weighted by Gasteiger charge is -2.09. The normalized spacial score (nSPS) is 10.5. The van der Waals surface area contributed by atoms with Gasteiger partial charge in [0.05, 0.1) is 5.52 Å². The molecular formula is C15H13N3O. The summed E-state index contributed by atoms with van der Waals surface area (Å²) in [5, 5.41) is 8.13. The van der Waals surface area contributed by atoms with Crippen molar-refractivity contribution in [3.05, 3.63) is 66.7 Å². The molecule has 0 bridgehead atoms. The van der Waals surface area contributed by atoms with Gasteiger partial charge < -0.3 is 4.74 Å². The SMILES string of the molecule is C=C(OCn1nnc2ccccc21)c1ccccc1. The van der Waals surface area contributed by atoms with Crippen LogP contribution in [0, 0.1) is 0 Å². The van der Waals surface area contributed by atoms with Crippen LogP contribution < -0.4 is 0 Å². The molecule has 1 heterocycles. The molecule has 0 aliphatic carbocycles. The van der Waals surface area contributed by atoms with E-state index < -0.39 is 0 Å². The summed E-state index contributed by atoms with van der Waals surface area (Å²) in [4.78, 5) is 0. The third kappa shape index (κ3) is 2.33. The molecular weight excluding hydrogens is 238 g/mol. The van der Waals surface area contributed by atoms with Crippen molar-refractivity contribution < 1.29 is 4.74 Å². The van der Waals surface area contributed by atoms with Gasteiger partial charge in [-0.25, -0.2) is 4.68 Å². The maximum Gasteiger partial charge on any atom is 0.183 e. The summed E-state index contributed by atoms with van der Waals surface area (Å²) >= 11 is 0. The molecule has 3 aromatic rings. The fourth-order valence-corrected chi connectivity index (χ4v) is 1.86. The molecule has 19 heavy (non-hydrogen) atoms. The minimum Gasteiger partial charge on any atom is -0.471 e. The Morgan fingerprint density at radius 2 is 1.79 bits per heavy atom. The molecule has 0 fully saturated rings. The maximum absolute atomic E-state index is 5.65. The van der Waals surface area contributed by atoms with E-state index in [0.29, 0.717) is 12.5 Å². The van der Waals surface area contributed by atoms with Gasteiger partial charge in [-0.2, -0.15) is 0 Å². The predicted molar refractivity (Wildman–Crippen MR) is 74.1 cm³/mol. The quantitative estimate of drug-likeness (QED) is 0.669. The van der Waals surface area contributed by atoms with Gasteiger partial charge in [0.25, 0.3) is 0 Å². The first-order chi connectivity index (χ1) is 9.34. The molecule has 2 aromatic carbocycles. The number of rotatable bonds is 4. The van der Waals surface area contributed by atoms with E-state index in [9.17, 15) is 0 Å². The lowest BCUT2D eigenvalue weighted by molar-refractivity contribution is 0.188. The third-order valence-corrected chi connectivity index (χ3v) is 2.88. The average Bonchev–Trinajstić information content (AvgIpc) is 2.89. The van der Waals surface area contributed by atoms with Crippen LogP contribution in [0.3, 0.4) is 0 Å². The van der Waals surface area contributed by atoms with Crippen molar-refractivity contribution in [2.24, 2.45) is 0 Å². The lowest BCUT2D eigenvalue weighted by Crippen LogP contribution is -2.03. The molecule has 4 nitrogen and oxygen atoms in total. The van der Waals surface area contributed by atoms with Crippen LogP contribution in [0.1, 0.15) is 5.56 Å². The van der Waals surface area contributed by atoms with Gasteiger partial charge in [-0.1, -0.05) is 54.3 Å².